The van der Waals surface area contributed by atoms with E-state index in [1.165, 1.54) is 0 Å². The Bertz CT molecular complexity index is 1000. The molecule has 0 aliphatic carbocycles. The number of amides is 2. The standard InChI is InChI=1S/C29H34N2O2/c1-4-5-16-26(18-17-24-12-8-6-9-13-24)31(27-19-21-28(33-3)22-20-27)29(32)30-23(2)25-14-10-7-11-15-25/h6-15,17-23,26H,4-5,16H2,1-3H3,(H,30,32)/b18-17+/t23-,26+/m0/s1. The van der Waals surface area contributed by atoms with Crippen LogP contribution in [-0.4, -0.2) is 19.2 Å². The summed E-state index contributed by atoms with van der Waals surface area (Å²) in [6.07, 6.45) is 7.21. The normalized spacial score (nSPS) is 12.8. The van der Waals surface area contributed by atoms with Gasteiger partial charge in [0, 0.05) is 5.69 Å². The van der Waals surface area contributed by atoms with Gasteiger partial charge < -0.3 is 10.1 Å². The number of unbranched alkanes of at least 4 members (excludes halogenated alkanes) is 1. The van der Waals surface area contributed by atoms with E-state index < -0.39 is 0 Å². The molecule has 33 heavy (non-hydrogen) atoms. The van der Waals surface area contributed by atoms with Gasteiger partial charge >= 0.3 is 6.03 Å². The van der Waals surface area contributed by atoms with E-state index in [1.54, 1.807) is 7.11 Å². The molecule has 0 aromatic heterocycles. The molecule has 2 amide bonds. The molecule has 0 radical (unpaired) electrons. The average Bonchev–Trinajstić information content (AvgIpc) is 2.87. The molecule has 0 bridgehead atoms. The molecule has 0 heterocycles. The second kappa shape index (κ2) is 12.5. The van der Waals surface area contributed by atoms with Crippen molar-refractivity contribution in [1.29, 1.82) is 0 Å². The van der Waals surface area contributed by atoms with Gasteiger partial charge in [0.2, 0.25) is 0 Å². The molecule has 4 nitrogen and oxygen atoms in total. The van der Waals surface area contributed by atoms with Crippen molar-refractivity contribution in [2.24, 2.45) is 0 Å². The van der Waals surface area contributed by atoms with Crippen molar-refractivity contribution in [3.8, 4) is 5.75 Å². The lowest BCUT2D eigenvalue weighted by Gasteiger charge is -2.32. The molecular formula is C29H34N2O2. The molecule has 0 aliphatic rings. The van der Waals surface area contributed by atoms with Crippen LogP contribution in [-0.2, 0) is 0 Å². The number of rotatable bonds is 10. The molecule has 3 aromatic rings. The van der Waals surface area contributed by atoms with Crippen LogP contribution in [0.2, 0.25) is 0 Å². The van der Waals surface area contributed by atoms with Crippen molar-refractivity contribution < 1.29 is 9.53 Å². The summed E-state index contributed by atoms with van der Waals surface area (Å²) in [5.74, 6) is 0.765. The Balaban J connectivity index is 1.92. The summed E-state index contributed by atoms with van der Waals surface area (Å²) in [7, 11) is 1.65. The van der Waals surface area contributed by atoms with Gasteiger partial charge in [-0.2, -0.15) is 0 Å². The van der Waals surface area contributed by atoms with Gasteiger partial charge in [-0.25, -0.2) is 4.79 Å². The lowest BCUT2D eigenvalue weighted by Crippen LogP contribution is -2.46. The van der Waals surface area contributed by atoms with E-state index in [4.69, 9.17) is 4.74 Å². The molecule has 0 unspecified atom stereocenters. The highest BCUT2D eigenvalue weighted by Crippen LogP contribution is 2.25. The van der Waals surface area contributed by atoms with Gasteiger partial charge in [0.05, 0.1) is 19.2 Å². The Morgan fingerprint density at radius 1 is 0.970 bits per heavy atom. The number of hydrogen-bond donors (Lipinski definition) is 1. The average molecular weight is 443 g/mol. The Morgan fingerprint density at radius 2 is 1.61 bits per heavy atom. The fraction of sp³-hybridized carbons (Fsp3) is 0.276. The Kier molecular flexibility index (Phi) is 9.13. The van der Waals surface area contributed by atoms with E-state index in [2.05, 4.69) is 36.5 Å². The fourth-order valence-corrected chi connectivity index (χ4v) is 3.79. The fourth-order valence-electron chi connectivity index (χ4n) is 3.79. The lowest BCUT2D eigenvalue weighted by molar-refractivity contribution is 0.241. The first kappa shape index (κ1) is 24.1. The van der Waals surface area contributed by atoms with Gasteiger partial charge in [-0.05, 0) is 48.7 Å². The molecule has 3 rings (SSSR count). The van der Waals surface area contributed by atoms with E-state index in [0.29, 0.717) is 0 Å². The first-order chi connectivity index (χ1) is 16.1. The van der Waals surface area contributed by atoms with E-state index in [0.717, 1.165) is 41.8 Å². The zero-order chi connectivity index (χ0) is 23.5. The van der Waals surface area contributed by atoms with Crippen molar-refractivity contribution >= 4 is 17.8 Å². The maximum atomic E-state index is 13.6. The van der Waals surface area contributed by atoms with Crippen molar-refractivity contribution in [1.82, 2.24) is 5.32 Å². The molecule has 0 fully saturated rings. The highest BCUT2D eigenvalue weighted by molar-refractivity contribution is 5.93. The molecule has 0 spiro atoms. The Hall–Kier alpha value is -3.53. The second-order valence-electron chi connectivity index (χ2n) is 8.13. The van der Waals surface area contributed by atoms with Gasteiger partial charge in [-0.3, -0.25) is 4.90 Å². The summed E-state index contributed by atoms with van der Waals surface area (Å²) >= 11 is 0. The molecule has 2 atom stereocenters. The number of nitrogens with one attached hydrogen (secondary N) is 1. The third-order valence-electron chi connectivity index (χ3n) is 5.70. The summed E-state index contributed by atoms with van der Waals surface area (Å²) in [6.45, 7) is 4.19. The minimum absolute atomic E-state index is 0.0819. The monoisotopic (exact) mass is 442 g/mol. The number of carbonyl (C=O) groups is 1. The number of anilines is 1. The number of carbonyl (C=O) groups excluding carboxylic acids is 1. The molecule has 3 aromatic carbocycles. The summed E-state index contributed by atoms with van der Waals surface area (Å²) in [5, 5.41) is 3.20. The summed E-state index contributed by atoms with van der Waals surface area (Å²) < 4.78 is 5.33. The predicted molar refractivity (Wildman–Crippen MR) is 138 cm³/mol. The topological polar surface area (TPSA) is 41.6 Å². The highest BCUT2D eigenvalue weighted by atomic mass is 16.5. The summed E-state index contributed by atoms with van der Waals surface area (Å²) in [5.41, 5.74) is 3.03. The quantitative estimate of drug-likeness (QED) is 0.359. The number of hydrogen-bond acceptors (Lipinski definition) is 2. The van der Waals surface area contributed by atoms with Gasteiger partial charge in [0.15, 0.2) is 0 Å². The summed E-state index contributed by atoms with van der Waals surface area (Å²) in [6, 6.07) is 27.6. The maximum Gasteiger partial charge on any atom is 0.322 e. The first-order valence-corrected chi connectivity index (χ1v) is 11.6. The third kappa shape index (κ3) is 6.98. The highest BCUT2D eigenvalue weighted by Gasteiger charge is 2.25. The number of nitrogens with zero attached hydrogens (tertiary/aromatic N) is 1. The van der Waals surface area contributed by atoms with Crippen LogP contribution in [0, 0.1) is 0 Å². The SMILES string of the molecule is CCCC[C@H](/C=C/c1ccccc1)N(C(=O)N[C@@H](C)c1ccccc1)c1ccc(OC)cc1. The van der Waals surface area contributed by atoms with Crippen LogP contribution < -0.4 is 15.0 Å². The second-order valence-corrected chi connectivity index (χ2v) is 8.13. The van der Waals surface area contributed by atoms with Crippen molar-refractivity contribution in [3.05, 3.63) is 102 Å². The molecule has 0 aliphatic heterocycles. The third-order valence-corrected chi connectivity index (χ3v) is 5.70. The largest absolute Gasteiger partial charge is 0.497 e. The molecule has 1 N–H and O–H groups in total. The van der Waals surface area contributed by atoms with E-state index in [-0.39, 0.29) is 18.1 Å². The molecule has 172 valence electrons. The first-order valence-electron chi connectivity index (χ1n) is 11.6. The van der Waals surface area contributed by atoms with E-state index in [1.807, 2.05) is 84.6 Å². The van der Waals surface area contributed by atoms with Gasteiger partial charge in [0.25, 0.3) is 0 Å². The van der Waals surface area contributed by atoms with Crippen LogP contribution in [0.25, 0.3) is 6.08 Å². The smallest absolute Gasteiger partial charge is 0.322 e. The van der Waals surface area contributed by atoms with Crippen molar-refractivity contribution in [2.45, 2.75) is 45.2 Å². The molecule has 0 saturated heterocycles. The van der Waals surface area contributed by atoms with Crippen molar-refractivity contribution in [2.75, 3.05) is 12.0 Å². The molecular weight excluding hydrogens is 408 g/mol. The van der Waals surface area contributed by atoms with Gasteiger partial charge in [0.1, 0.15) is 5.75 Å². The Labute approximate surface area is 197 Å². The van der Waals surface area contributed by atoms with Crippen LogP contribution in [0.5, 0.6) is 5.75 Å². The van der Waals surface area contributed by atoms with E-state index in [9.17, 15) is 4.79 Å². The number of methoxy groups -OCH3 is 1. The zero-order valence-electron chi connectivity index (χ0n) is 19.8. The number of benzene rings is 3. The van der Waals surface area contributed by atoms with Crippen LogP contribution in [0.4, 0.5) is 10.5 Å². The van der Waals surface area contributed by atoms with Crippen LogP contribution in [0.15, 0.2) is 91.0 Å². The van der Waals surface area contributed by atoms with Crippen LogP contribution in [0.3, 0.4) is 0 Å². The Morgan fingerprint density at radius 3 is 2.21 bits per heavy atom. The minimum atomic E-state index is -0.115. The molecule has 4 heteroatoms. The maximum absolute atomic E-state index is 13.6. The van der Waals surface area contributed by atoms with Gasteiger partial charge in [-0.15, -0.1) is 0 Å². The zero-order valence-corrected chi connectivity index (χ0v) is 19.8. The minimum Gasteiger partial charge on any atom is -0.497 e. The van der Waals surface area contributed by atoms with Gasteiger partial charge in [-0.1, -0.05) is 92.6 Å². The summed E-state index contributed by atoms with van der Waals surface area (Å²) in [4.78, 5) is 15.5. The van der Waals surface area contributed by atoms with E-state index >= 15 is 0 Å². The van der Waals surface area contributed by atoms with Crippen LogP contribution >= 0.6 is 0 Å². The van der Waals surface area contributed by atoms with Crippen molar-refractivity contribution in [3.63, 3.8) is 0 Å². The number of ether oxygens (including phenoxy) is 1. The van der Waals surface area contributed by atoms with Crippen LogP contribution in [0.1, 0.15) is 50.3 Å². The number of urea groups is 1. The molecule has 0 saturated carbocycles. The lowest BCUT2D eigenvalue weighted by atomic mass is 10.0. The predicted octanol–water partition coefficient (Wildman–Crippen LogP) is 7.24.